The molecule has 1 fully saturated rings. The van der Waals surface area contributed by atoms with Crippen LogP contribution in [0.15, 0.2) is 54.6 Å². The van der Waals surface area contributed by atoms with Crippen LogP contribution in [0.1, 0.15) is 15.9 Å². The molecule has 0 radical (unpaired) electrons. The van der Waals surface area contributed by atoms with Gasteiger partial charge >= 0.3 is 0 Å². The lowest BCUT2D eigenvalue weighted by atomic mass is 10.1. The molecular formula is C20H20N4O5. The number of nitrogens with zero attached hydrogens (tertiary/aromatic N) is 4. The van der Waals surface area contributed by atoms with Crippen molar-refractivity contribution in [1.29, 1.82) is 0 Å². The fourth-order valence-electron chi connectivity index (χ4n) is 3.17. The first-order chi connectivity index (χ1) is 14.0. The molecule has 3 rings (SSSR count). The quantitative estimate of drug-likeness (QED) is 0.548. The van der Waals surface area contributed by atoms with E-state index in [4.69, 9.17) is 0 Å². The van der Waals surface area contributed by atoms with Crippen molar-refractivity contribution in [3.05, 3.63) is 86.0 Å². The molecule has 1 saturated heterocycles. The van der Waals surface area contributed by atoms with Gasteiger partial charge < -0.3 is 4.90 Å². The van der Waals surface area contributed by atoms with Gasteiger partial charge in [-0.2, -0.15) is 0 Å². The van der Waals surface area contributed by atoms with Crippen LogP contribution in [0.4, 0.5) is 11.4 Å². The lowest BCUT2D eigenvalue weighted by molar-refractivity contribution is -0.394. The van der Waals surface area contributed by atoms with Crippen LogP contribution in [0, 0.1) is 20.2 Å². The van der Waals surface area contributed by atoms with E-state index in [1.54, 1.807) is 4.90 Å². The zero-order chi connectivity index (χ0) is 20.8. The fraction of sp³-hybridized carbons (Fsp3) is 0.250. The summed E-state index contributed by atoms with van der Waals surface area (Å²) in [5.74, 6) is -0.480. The molecule has 9 nitrogen and oxygen atoms in total. The molecule has 29 heavy (non-hydrogen) atoms. The Balaban J connectivity index is 1.61. The molecule has 2 aromatic rings. The number of amides is 1. The van der Waals surface area contributed by atoms with E-state index in [-0.39, 0.29) is 5.56 Å². The van der Waals surface area contributed by atoms with E-state index >= 15 is 0 Å². The van der Waals surface area contributed by atoms with Crippen molar-refractivity contribution in [1.82, 2.24) is 9.80 Å². The first-order valence-electron chi connectivity index (χ1n) is 9.12. The van der Waals surface area contributed by atoms with E-state index in [0.29, 0.717) is 26.2 Å². The second kappa shape index (κ2) is 9.07. The Bertz CT molecular complexity index is 937. The molecule has 1 heterocycles. The summed E-state index contributed by atoms with van der Waals surface area (Å²) < 4.78 is 0. The summed E-state index contributed by atoms with van der Waals surface area (Å²) in [5.41, 5.74) is 0.0329. The molecule has 1 aliphatic rings. The van der Waals surface area contributed by atoms with Gasteiger partial charge in [-0.15, -0.1) is 0 Å². The monoisotopic (exact) mass is 396 g/mol. The lowest BCUT2D eigenvalue weighted by Crippen LogP contribution is -2.48. The third kappa shape index (κ3) is 5.02. The molecule has 1 amide bonds. The van der Waals surface area contributed by atoms with E-state index in [2.05, 4.69) is 11.0 Å². The van der Waals surface area contributed by atoms with Crippen LogP contribution in [0.5, 0.6) is 0 Å². The number of nitro benzene ring substituents is 2. The van der Waals surface area contributed by atoms with Crippen molar-refractivity contribution in [2.24, 2.45) is 0 Å². The van der Waals surface area contributed by atoms with Crippen LogP contribution in [-0.2, 0) is 0 Å². The number of benzene rings is 2. The smallest absolute Gasteiger partial charge is 0.289 e. The first-order valence-corrected chi connectivity index (χ1v) is 9.12. The Morgan fingerprint density at radius 3 is 2.28 bits per heavy atom. The fourth-order valence-corrected chi connectivity index (χ4v) is 3.17. The van der Waals surface area contributed by atoms with Gasteiger partial charge in [-0.3, -0.25) is 29.9 Å². The second-order valence-corrected chi connectivity index (χ2v) is 6.62. The summed E-state index contributed by atoms with van der Waals surface area (Å²) in [5, 5.41) is 22.1. The number of piperazine rings is 1. The number of hydrogen-bond acceptors (Lipinski definition) is 6. The summed E-state index contributed by atoms with van der Waals surface area (Å²) in [4.78, 5) is 37.1. The highest BCUT2D eigenvalue weighted by atomic mass is 16.6. The summed E-state index contributed by atoms with van der Waals surface area (Å²) >= 11 is 0. The average molecular weight is 396 g/mol. The molecular weight excluding hydrogens is 376 g/mol. The third-order valence-electron chi connectivity index (χ3n) is 4.75. The predicted molar refractivity (Wildman–Crippen MR) is 108 cm³/mol. The van der Waals surface area contributed by atoms with E-state index in [1.165, 1.54) is 0 Å². The van der Waals surface area contributed by atoms with Crippen molar-refractivity contribution < 1.29 is 14.6 Å². The molecule has 0 spiro atoms. The molecule has 9 heteroatoms. The van der Waals surface area contributed by atoms with Crippen LogP contribution in [-0.4, -0.2) is 58.3 Å². The zero-order valence-corrected chi connectivity index (χ0v) is 15.6. The zero-order valence-electron chi connectivity index (χ0n) is 15.6. The van der Waals surface area contributed by atoms with Gasteiger partial charge in [0.05, 0.1) is 15.9 Å². The van der Waals surface area contributed by atoms with E-state index in [1.807, 2.05) is 36.4 Å². The maximum absolute atomic E-state index is 12.7. The Labute approximate surface area is 167 Å². The topological polar surface area (TPSA) is 110 Å². The van der Waals surface area contributed by atoms with Crippen molar-refractivity contribution in [2.45, 2.75) is 0 Å². The van der Waals surface area contributed by atoms with E-state index < -0.39 is 27.1 Å². The van der Waals surface area contributed by atoms with Crippen molar-refractivity contribution in [3.63, 3.8) is 0 Å². The SMILES string of the molecule is O=C(c1ccc([N+](=O)[O-])cc1[N+](=O)[O-])N1CCN(C/C=C\c2ccccc2)CC1. The summed E-state index contributed by atoms with van der Waals surface area (Å²) in [7, 11) is 0. The largest absolute Gasteiger partial charge is 0.336 e. The van der Waals surface area contributed by atoms with Crippen LogP contribution < -0.4 is 0 Å². The maximum Gasteiger partial charge on any atom is 0.289 e. The molecule has 0 N–H and O–H groups in total. The van der Waals surface area contributed by atoms with Gasteiger partial charge in [0.25, 0.3) is 17.3 Å². The van der Waals surface area contributed by atoms with E-state index in [0.717, 1.165) is 30.3 Å². The molecule has 0 atom stereocenters. The molecule has 2 aromatic carbocycles. The normalized spacial score (nSPS) is 14.8. The number of hydrogen-bond donors (Lipinski definition) is 0. The summed E-state index contributed by atoms with van der Waals surface area (Å²) in [6.45, 7) is 2.91. The van der Waals surface area contributed by atoms with Crippen molar-refractivity contribution in [3.8, 4) is 0 Å². The molecule has 0 unspecified atom stereocenters. The van der Waals surface area contributed by atoms with Crippen molar-refractivity contribution >= 4 is 23.4 Å². The highest BCUT2D eigenvalue weighted by Crippen LogP contribution is 2.26. The van der Waals surface area contributed by atoms with Gasteiger partial charge in [-0.05, 0) is 11.6 Å². The van der Waals surface area contributed by atoms with E-state index in [9.17, 15) is 25.0 Å². The first kappa shape index (κ1) is 20.2. The maximum atomic E-state index is 12.7. The molecule has 0 bridgehead atoms. The van der Waals surface area contributed by atoms with Crippen LogP contribution in [0.2, 0.25) is 0 Å². The molecule has 0 saturated carbocycles. The lowest BCUT2D eigenvalue weighted by Gasteiger charge is -2.34. The number of rotatable bonds is 6. The Kier molecular flexibility index (Phi) is 6.30. The second-order valence-electron chi connectivity index (χ2n) is 6.62. The summed E-state index contributed by atoms with van der Waals surface area (Å²) in [6, 6.07) is 13.1. The molecule has 1 aliphatic heterocycles. The Morgan fingerprint density at radius 1 is 0.966 bits per heavy atom. The van der Waals surface area contributed by atoms with Crippen LogP contribution in [0.3, 0.4) is 0 Å². The number of non-ortho nitro benzene ring substituents is 1. The molecule has 0 aliphatic carbocycles. The van der Waals surface area contributed by atoms with Gasteiger partial charge in [0.2, 0.25) is 0 Å². The van der Waals surface area contributed by atoms with Crippen LogP contribution in [0.25, 0.3) is 6.08 Å². The highest BCUT2D eigenvalue weighted by molar-refractivity contribution is 5.98. The molecule has 0 aromatic heterocycles. The van der Waals surface area contributed by atoms with Gasteiger partial charge in [-0.1, -0.05) is 42.5 Å². The average Bonchev–Trinajstić information content (AvgIpc) is 2.74. The predicted octanol–water partition coefficient (Wildman–Crippen LogP) is 2.97. The molecule has 150 valence electrons. The van der Waals surface area contributed by atoms with Crippen LogP contribution >= 0.6 is 0 Å². The van der Waals surface area contributed by atoms with Gasteiger partial charge in [0.1, 0.15) is 5.56 Å². The standard InChI is InChI=1S/C20H20N4O5/c25-20(18-9-8-17(23(26)27)15-19(18)24(28)29)22-13-11-21(12-14-22)10-4-7-16-5-2-1-3-6-16/h1-9,15H,10-14H2/b7-4-. The van der Waals surface area contributed by atoms with Crippen molar-refractivity contribution in [2.75, 3.05) is 32.7 Å². The Morgan fingerprint density at radius 2 is 1.66 bits per heavy atom. The number of carbonyl (C=O) groups is 1. The minimum atomic E-state index is -0.759. The Hall–Kier alpha value is -3.59. The number of carbonyl (C=O) groups excluding carboxylic acids is 1. The van der Waals surface area contributed by atoms with Gasteiger partial charge in [0.15, 0.2) is 0 Å². The minimum Gasteiger partial charge on any atom is -0.336 e. The summed E-state index contributed by atoms with van der Waals surface area (Å²) in [6.07, 6.45) is 4.10. The third-order valence-corrected chi connectivity index (χ3v) is 4.75. The number of nitro groups is 2. The van der Waals surface area contributed by atoms with Gasteiger partial charge in [0, 0.05) is 38.8 Å². The van der Waals surface area contributed by atoms with Gasteiger partial charge in [-0.25, -0.2) is 0 Å². The minimum absolute atomic E-state index is 0.127. The highest BCUT2D eigenvalue weighted by Gasteiger charge is 2.29.